The Morgan fingerprint density at radius 3 is 2.75 bits per heavy atom. The van der Waals surface area contributed by atoms with Gasteiger partial charge in [-0.25, -0.2) is 0 Å². The molecule has 24 heavy (non-hydrogen) atoms. The summed E-state index contributed by atoms with van der Waals surface area (Å²) in [6.07, 6.45) is 3.82. The van der Waals surface area contributed by atoms with Gasteiger partial charge in [0.1, 0.15) is 6.54 Å². The number of thioether (sulfide) groups is 1. The Hall–Kier alpha value is -2.27. The fourth-order valence-corrected chi connectivity index (χ4v) is 4.02. The number of hydrogen-bond acceptors (Lipinski definition) is 3. The van der Waals surface area contributed by atoms with E-state index in [2.05, 4.69) is 35.4 Å². The largest absolute Gasteiger partial charge is 0.339 e. The Balaban J connectivity index is 1.57. The molecule has 1 amide bonds. The fourth-order valence-electron chi connectivity index (χ4n) is 3.12. The van der Waals surface area contributed by atoms with Gasteiger partial charge in [-0.15, -0.1) is 0 Å². The average Bonchev–Trinajstić information content (AvgIpc) is 3.10. The molecule has 2 aromatic carbocycles. The van der Waals surface area contributed by atoms with Crippen LogP contribution in [0.4, 0.5) is 0 Å². The smallest absolute Gasteiger partial charge is 0.244 e. The first-order chi connectivity index (χ1) is 11.8. The Kier molecular flexibility index (Phi) is 4.26. The van der Waals surface area contributed by atoms with Gasteiger partial charge < -0.3 is 4.90 Å². The van der Waals surface area contributed by atoms with Crippen LogP contribution >= 0.6 is 11.8 Å². The second-order valence-electron chi connectivity index (χ2n) is 5.95. The number of carbonyl (C=O) groups is 1. The van der Waals surface area contributed by atoms with Crippen molar-refractivity contribution >= 4 is 28.4 Å². The minimum atomic E-state index is 0.155. The predicted octanol–water partition coefficient (Wildman–Crippen LogP) is 3.28. The van der Waals surface area contributed by atoms with Crippen molar-refractivity contribution in [3.63, 3.8) is 0 Å². The SMILES string of the molecule is O=C(Cn1cc(-c2cccc3ccccc23)cn1)N1CCSCC1. The van der Waals surface area contributed by atoms with E-state index in [0.717, 1.165) is 35.7 Å². The van der Waals surface area contributed by atoms with Gasteiger partial charge in [-0.05, 0) is 16.3 Å². The molecule has 1 saturated heterocycles. The maximum Gasteiger partial charge on any atom is 0.244 e. The molecule has 122 valence electrons. The number of aromatic nitrogens is 2. The summed E-state index contributed by atoms with van der Waals surface area (Å²) in [5.74, 6) is 2.22. The Bertz CT molecular complexity index is 862. The molecule has 0 bridgehead atoms. The lowest BCUT2D eigenvalue weighted by Crippen LogP contribution is -2.39. The van der Waals surface area contributed by atoms with Gasteiger partial charge in [-0.1, -0.05) is 42.5 Å². The number of nitrogens with zero attached hydrogens (tertiary/aromatic N) is 3. The van der Waals surface area contributed by atoms with Gasteiger partial charge in [0.25, 0.3) is 0 Å². The number of rotatable bonds is 3. The number of amides is 1. The van der Waals surface area contributed by atoms with E-state index in [-0.39, 0.29) is 5.91 Å². The lowest BCUT2D eigenvalue weighted by Gasteiger charge is -2.26. The third-order valence-electron chi connectivity index (χ3n) is 4.39. The predicted molar refractivity (Wildman–Crippen MR) is 99.1 cm³/mol. The van der Waals surface area contributed by atoms with Gasteiger partial charge in [-0.3, -0.25) is 9.48 Å². The molecule has 5 heteroatoms. The summed E-state index contributed by atoms with van der Waals surface area (Å²) < 4.78 is 1.75. The zero-order valence-electron chi connectivity index (χ0n) is 13.4. The van der Waals surface area contributed by atoms with Gasteiger partial charge in [-0.2, -0.15) is 16.9 Å². The highest BCUT2D eigenvalue weighted by molar-refractivity contribution is 7.99. The highest BCUT2D eigenvalue weighted by Crippen LogP contribution is 2.28. The Morgan fingerprint density at radius 2 is 1.88 bits per heavy atom. The first kappa shape index (κ1) is 15.3. The van der Waals surface area contributed by atoms with Crippen molar-refractivity contribution in [3.05, 3.63) is 54.9 Å². The summed E-state index contributed by atoms with van der Waals surface area (Å²) in [6, 6.07) is 14.6. The van der Waals surface area contributed by atoms with E-state index in [0.29, 0.717) is 6.54 Å². The van der Waals surface area contributed by atoms with Gasteiger partial charge in [0.05, 0.1) is 6.20 Å². The average molecular weight is 337 g/mol. The number of benzene rings is 2. The molecule has 0 aliphatic carbocycles. The quantitative estimate of drug-likeness (QED) is 0.736. The van der Waals surface area contributed by atoms with E-state index in [4.69, 9.17) is 0 Å². The molecule has 1 aromatic heterocycles. The molecule has 3 aromatic rings. The Labute approximate surface area is 145 Å². The first-order valence-corrected chi connectivity index (χ1v) is 9.33. The zero-order chi connectivity index (χ0) is 16.4. The molecule has 0 N–H and O–H groups in total. The first-order valence-electron chi connectivity index (χ1n) is 8.17. The van der Waals surface area contributed by atoms with Crippen LogP contribution in [0, 0.1) is 0 Å². The molecule has 0 spiro atoms. The van der Waals surface area contributed by atoms with Gasteiger partial charge >= 0.3 is 0 Å². The van der Waals surface area contributed by atoms with Gasteiger partial charge in [0, 0.05) is 36.4 Å². The van der Waals surface area contributed by atoms with Crippen molar-refractivity contribution in [1.29, 1.82) is 0 Å². The third kappa shape index (κ3) is 3.04. The number of hydrogen-bond donors (Lipinski definition) is 0. The van der Waals surface area contributed by atoms with Crippen molar-refractivity contribution < 1.29 is 4.79 Å². The van der Waals surface area contributed by atoms with Crippen LogP contribution in [0.15, 0.2) is 54.9 Å². The molecule has 0 atom stereocenters. The molecule has 1 aliphatic rings. The summed E-state index contributed by atoms with van der Waals surface area (Å²) in [7, 11) is 0. The van der Waals surface area contributed by atoms with Crippen molar-refractivity contribution in [3.8, 4) is 11.1 Å². The van der Waals surface area contributed by atoms with Crippen LogP contribution < -0.4 is 0 Å². The van der Waals surface area contributed by atoms with Gasteiger partial charge in [0.2, 0.25) is 5.91 Å². The number of carbonyl (C=O) groups excluding carboxylic acids is 1. The topological polar surface area (TPSA) is 38.1 Å². The van der Waals surface area contributed by atoms with Crippen LogP contribution in [0.2, 0.25) is 0 Å². The fraction of sp³-hybridized carbons (Fsp3) is 0.263. The van der Waals surface area contributed by atoms with Crippen LogP contribution in [0.3, 0.4) is 0 Å². The van der Waals surface area contributed by atoms with Crippen molar-refractivity contribution in [2.45, 2.75) is 6.54 Å². The molecule has 4 rings (SSSR count). The van der Waals surface area contributed by atoms with Crippen molar-refractivity contribution in [1.82, 2.24) is 14.7 Å². The molecule has 2 heterocycles. The van der Waals surface area contributed by atoms with E-state index >= 15 is 0 Å². The maximum atomic E-state index is 12.4. The molecular weight excluding hydrogens is 318 g/mol. The van der Waals surface area contributed by atoms with E-state index in [1.165, 1.54) is 10.8 Å². The van der Waals surface area contributed by atoms with Gasteiger partial charge in [0.15, 0.2) is 0 Å². The standard InChI is InChI=1S/C19H19N3OS/c23-19(21-8-10-24-11-9-21)14-22-13-16(12-20-22)18-7-3-5-15-4-1-2-6-17(15)18/h1-7,12-13H,8-11,14H2. The normalized spacial score (nSPS) is 14.9. The third-order valence-corrected chi connectivity index (χ3v) is 5.34. The van der Waals surface area contributed by atoms with E-state index in [1.807, 2.05) is 41.2 Å². The molecular formula is C19H19N3OS. The molecule has 1 aliphatic heterocycles. The van der Waals surface area contributed by atoms with E-state index in [9.17, 15) is 4.79 Å². The molecule has 0 unspecified atom stereocenters. The van der Waals surface area contributed by atoms with Crippen LogP contribution in [0.25, 0.3) is 21.9 Å². The summed E-state index contributed by atoms with van der Waals surface area (Å²) in [4.78, 5) is 14.3. The van der Waals surface area contributed by atoms with Crippen LogP contribution in [-0.2, 0) is 11.3 Å². The Morgan fingerprint density at radius 1 is 1.08 bits per heavy atom. The second-order valence-corrected chi connectivity index (χ2v) is 7.17. The highest BCUT2D eigenvalue weighted by atomic mass is 32.2. The lowest BCUT2D eigenvalue weighted by molar-refractivity contribution is -0.131. The van der Waals surface area contributed by atoms with Crippen LogP contribution in [-0.4, -0.2) is 45.2 Å². The van der Waals surface area contributed by atoms with Crippen molar-refractivity contribution in [2.24, 2.45) is 0 Å². The summed E-state index contributed by atoms with van der Waals surface area (Å²) in [5, 5.41) is 6.82. The van der Waals surface area contributed by atoms with Crippen molar-refractivity contribution in [2.75, 3.05) is 24.6 Å². The summed E-state index contributed by atoms with van der Waals surface area (Å²) in [5.41, 5.74) is 2.20. The van der Waals surface area contributed by atoms with E-state index in [1.54, 1.807) is 4.68 Å². The molecule has 0 saturated carbocycles. The monoisotopic (exact) mass is 337 g/mol. The lowest BCUT2D eigenvalue weighted by atomic mass is 10.0. The number of fused-ring (bicyclic) bond motifs is 1. The molecule has 4 nitrogen and oxygen atoms in total. The van der Waals surface area contributed by atoms with Crippen LogP contribution in [0.1, 0.15) is 0 Å². The second kappa shape index (κ2) is 6.69. The maximum absolute atomic E-state index is 12.4. The summed E-state index contributed by atoms with van der Waals surface area (Å²) in [6.45, 7) is 2.01. The highest BCUT2D eigenvalue weighted by Gasteiger charge is 2.17. The molecule has 1 fully saturated rings. The zero-order valence-corrected chi connectivity index (χ0v) is 14.2. The van der Waals surface area contributed by atoms with E-state index < -0.39 is 0 Å². The minimum absolute atomic E-state index is 0.155. The van der Waals surface area contributed by atoms with Crippen LogP contribution in [0.5, 0.6) is 0 Å². The minimum Gasteiger partial charge on any atom is -0.339 e. The molecule has 0 radical (unpaired) electrons. The summed E-state index contributed by atoms with van der Waals surface area (Å²) >= 11 is 1.91.